The van der Waals surface area contributed by atoms with E-state index in [0.717, 1.165) is 33.5 Å². The number of carbonyl (C=O) groups is 1. The zero-order valence-corrected chi connectivity index (χ0v) is 15.4. The lowest BCUT2D eigenvalue weighted by molar-refractivity contribution is -0.142. The summed E-state index contributed by atoms with van der Waals surface area (Å²) in [6.07, 6.45) is 0. The molecule has 0 saturated heterocycles. The van der Waals surface area contributed by atoms with Crippen molar-refractivity contribution in [3.63, 3.8) is 0 Å². The van der Waals surface area contributed by atoms with Crippen LogP contribution in [-0.2, 0) is 22.7 Å². The summed E-state index contributed by atoms with van der Waals surface area (Å²) < 4.78 is 12.9. The summed E-state index contributed by atoms with van der Waals surface area (Å²) in [5, 5.41) is 10.6. The number of carboxylic acid groups (broad SMARTS) is 1. The molecular formula is C20H20ClNO4. The van der Waals surface area contributed by atoms with Gasteiger partial charge in [0.15, 0.2) is 0 Å². The Morgan fingerprint density at radius 2 is 1.92 bits per heavy atom. The van der Waals surface area contributed by atoms with Gasteiger partial charge in [0.05, 0.1) is 13.7 Å². The van der Waals surface area contributed by atoms with Crippen LogP contribution in [0.2, 0.25) is 5.02 Å². The Hall–Kier alpha value is -2.50. The maximum absolute atomic E-state index is 10.8. The predicted octanol–water partition coefficient (Wildman–Crippen LogP) is 4.26. The van der Waals surface area contributed by atoms with Crippen LogP contribution in [0.15, 0.2) is 42.5 Å². The van der Waals surface area contributed by atoms with Crippen LogP contribution in [0, 0.1) is 6.92 Å². The number of benzene rings is 2. The molecule has 0 aliphatic rings. The van der Waals surface area contributed by atoms with E-state index in [-0.39, 0.29) is 13.2 Å². The number of methoxy groups -OCH3 is 1. The maximum Gasteiger partial charge on any atom is 0.329 e. The lowest BCUT2D eigenvalue weighted by Crippen LogP contribution is -2.11. The van der Waals surface area contributed by atoms with E-state index in [1.165, 1.54) is 0 Å². The van der Waals surface area contributed by atoms with E-state index in [0.29, 0.717) is 11.6 Å². The number of aliphatic carboxylic acids is 1. The van der Waals surface area contributed by atoms with Crippen molar-refractivity contribution in [2.24, 2.45) is 0 Å². The summed E-state index contributed by atoms with van der Waals surface area (Å²) in [6, 6.07) is 13.6. The highest BCUT2D eigenvalue weighted by Gasteiger charge is 2.16. The van der Waals surface area contributed by atoms with Gasteiger partial charge in [0.1, 0.15) is 12.4 Å². The van der Waals surface area contributed by atoms with Crippen LogP contribution >= 0.6 is 11.6 Å². The van der Waals surface area contributed by atoms with Crippen LogP contribution in [-0.4, -0.2) is 29.4 Å². The Morgan fingerprint density at radius 1 is 1.19 bits per heavy atom. The summed E-state index contributed by atoms with van der Waals surface area (Å²) >= 11 is 5.98. The van der Waals surface area contributed by atoms with Crippen molar-refractivity contribution >= 4 is 28.5 Å². The minimum absolute atomic E-state index is 0.225. The lowest BCUT2D eigenvalue weighted by atomic mass is 10.1. The van der Waals surface area contributed by atoms with E-state index in [1.54, 1.807) is 7.11 Å². The average Bonchev–Trinajstić information content (AvgIpc) is 2.88. The fourth-order valence-electron chi connectivity index (χ4n) is 3.06. The van der Waals surface area contributed by atoms with Crippen LogP contribution in [0.4, 0.5) is 0 Å². The molecule has 0 fully saturated rings. The smallest absolute Gasteiger partial charge is 0.329 e. The van der Waals surface area contributed by atoms with Crippen LogP contribution in [0.25, 0.3) is 10.9 Å². The van der Waals surface area contributed by atoms with Gasteiger partial charge in [-0.3, -0.25) is 0 Å². The number of carboxylic acids is 1. The number of aromatic nitrogens is 1. The maximum atomic E-state index is 10.8. The Balaban J connectivity index is 2.04. The fourth-order valence-corrected chi connectivity index (χ4v) is 3.18. The third-order valence-electron chi connectivity index (χ3n) is 4.38. The van der Waals surface area contributed by atoms with Crippen molar-refractivity contribution < 1.29 is 19.4 Å². The molecule has 2 aromatic carbocycles. The van der Waals surface area contributed by atoms with E-state index in [4.69, 9.17) is 26.2 Å². The molecular weight excluding hydrogens is 354 g/mol. The third kappa shape index (κ3) is 3.84. The second kappa shape index (κ2) is 7.81. The number of halogens is 1. The molecule has 0 amide bonds. The number of hydrogen-bond donors (Lipinski definition) is 1. The van der Waals surface area contributed by atoms with Crippen molar-refractivity contribution in [3.05, 3.63) is 64.3 Å². The molecule has 0 unspecified atom stereocenters. The number of rotatable bonds is 7. The standard InChI is InChI=1S/C20H20ClNO4/c1-13-17-9-16(25-2)7-8-18(17)22(19(13)11-26-12-20(23)24)10-14-3-5-15(21)6-4-14/h3-9H,10-12H2,1-2H3,(H,23,24). The Kier molecular flexibility index (Phi) is 5.49. The molecule has 6 heteroatoms. The minimum Gasteiger partial charge on any atom is -0.497 e. The van der Waals surface area contributed by atoms with Gasteiger partial charge in [-0.05, 0) is 48.4 Å². The second-order valence-electron chi connectivity index (χ2n) is 6.05. The topological polar surface area (TPSA) is 60.7 Å². The van der Waals surface area contributed by atoms with E-state index in [2.05, 4.69) is 4.57 Å². The van der Waals surface area contributed by atoms with Crippen LogP contribution < -0.4 is 4.74 Å². The highest BCUT2D eigenvalue weighted by atomic mass is 35.5. The molecule has 1 heterocycles. The molecule has 0 bridgehead atoms. The summed E-state index contributed by atoms with van der Waals surface area (Å²) in [6.45, 7) is 2.55. The van der Waals surface area contributed by atoms with Crippen LogP contribution in [0.1, 0.15) is 16.8 Å². The molecule has 1 N–H and O–H groups in total. The van der Waals surface area contributed by atoms with Crippen molar-refractivity contribution in [1.29, 1.82) is 0 Å². The van der Waals surface area contributed by atoms with E-state index >= 15 is 0 Å². The molecule has 3 rings (SSSR count). The molecule has 5 nitrogen and oxygen atoms in total. The molecule has 0 radical (unpaired) electrons. The Morgan fingerprint density at radius 3 is 2.58 bits per heavy atom. The Labute approximate surface area is 156 Å². The highest BCUT2D eigenvalue weighted by molar-refractivity contribution is 6.30. The quantitative estimate of drug-likeness (QED) is 0.672. The van der Waals surface area contributed by atoms with Gasteiger partial charge in [0.25, 0.3) is 0 Å². The van der Waals surface area contributed by atoms with Gasteiger partial charge < -0.3 is 19.1 Å². The van der Waals surface area contributed by atoms with E-state index in [9.17, 15) is 4.79 Å². The number of aryl methyl sites for hydroxylation is 1. The van der Waals surface area contributed by atoms with Gasteiger partial charge in [0, 0.05) is 28.2 Å². The van der Waals surface area contributed by atoms with Crippen molar-refractivity contribution in [1.82, 2.24) is 4.57 Å². The molecule has 0 aliphatic carbocycles. The molecule has 3 aromatic rings. The molecule has 0 aliphatic heterocycles. The van der Waals surface area contributed by atoms with Crippen molar-refractivity contribution in [2.45, 2.75) is 20.1 Å². The summed E-state index contributed by atoms with van der Waals surface area (Å²) in [7, 11) is 1.64. The molecule has 1 aromatic heterocycles. The zero-order chi connectivity index (χ0) is 18.7. The second-order valence-corrected chi connectivity index (χ2v) is 6.49. The lowest BCUT2D eigenvalue weighted by Gasteiger charge is -2.12. The first-order valence-electron chi connectivity index (χ1n) is 8.19. The first-order chi connectivity index (χ1) is 12.5. The Bertz CT molecular complexity index is 931. The first kappa shape index (κ1) is 18.3. The molecule has 0 atom stereocenters. The van der Waals surface area contributed by atoms with E-state index < -0.39 is 5.97 Å². The largest absolute Gasteiger partial charge is 0.497 e. The highest BCUT2D eigenvalue weighted by Crippen LogP contribution is 2.30. The average molecular weight is 374 g/mol. The van der Waals surface area contributed by atoms with Gasteiger partial charge in [-0.25, -0.2) is 4.79 Å². The number of fused-ring (bicyclic) bond motifs is 1. The SMILES string of the molecule is COc1ccc2c(c1)c(C)c(COCC(=O)O)n2Cc1ccc(Cl)cc1. The molecule has 0 spiro atoms. The van der Waals surface area contributed by atoms with Crippen molar-refractivity contribution in [3.8, 4) is 5.75 Å². The van der Waals surface area contributed by atoms with E-state index in [1.807, 2.05) is 49.4 Å². The predicted molar refractivity (Wildman–Crippen MR) is 101 cm³/mol. The minimum atomic E-state index is -0.982. The number of ether oxygens (including phenoxy) is 2. The van der Waals surface area contributed by atoms with Gasteiger partial charge in [-0.1, -0.05) is 23.7 Å². The van der Waals surface area contributed by atoms with Gasteiger partial charge in [-0.15, -0.1) is 0 Å². The molecule has 136 valence electrons. The van der Waals surface area contributed by atoms with Crippen LogP contribution in [0.3, 0.4) is 0 Å². The number of hydrogen-bond acceptors (Lipinski definition) is 3. The summed E-state index contributed by atoms with van der Waals surface area (Å²) in [5.41, 5.74) is 4.15. The zero-order valence-electron chi connectivity index (χ0n) is 14.7. The summed E-state index contributed by atoms with van der Waals surface area (Å²) in [5.74, 6) is -0.202. The molecule has 0 saturated carbocycles. The number of nitrogens with zero attached hydrogens (tertiary/aromatic N) is 1. The van der Waals surface area contributed by atoms with Gasteiger partial charge >= 0.3 is 5.97 Å². The fraction of sp³-hybridized carbons (Fsp3) is 0.250. The monoisotopic (exact) mass is 373 g/mol. The first-order valence-corrected chi connectivity index (χ1v) is 8.57. The molecule has 26 heavy (non-hydrogen) atoms. The van der Waals surface area contributed by atoms with Gasteiger partial charge in [-0.2, -0.15) is 0 Å². The van der Waals surface area contributed by atoms with Gasteiger partial charge in [0.2, 0.25) is 0 Å². The van der Waals surface area contributed by atoms with Crippen molar-refractivity contribution in [2.75, 3.05) is 13.7 Å². The summed E-state index contributed by atoms with van der Waals surface area (Å²) in [4.78, 5) is 10.8. The normalized spacial score (nSPS) is 11.0. The van der Waals surface area contributed by atoms with Crippen LogP contribution in [0.5, 0.6) is 5.75 Å². The third-order valence-corrected chi connectivity index (χ3v) is 4.63.